The van der Waals surface area contributed by atoms with Crippen LogP contribution in [0.4, 0.5) is 11.4 Å². The van der Waals surface area contributed by atoms with E-state index in [2.05, 4.69) is 10.0 Å². The van der Waals surface area contributed by atoms with Crippen molar-refractivity contribution in [1.82, 2.24) is 4.72 Å². The third kappa shape index (κ3) is 6.11. The number of carbonyl (C=O) groups is 1. The zero-order valence-electron chi connectivity index (χ0n) is 12.3. The minimum Gasteiger partial charge on any atom is -0.395 e. The Labute approximate surface area is 125 Å². The van der Waals surface area contributed by atoms with Crippen molar-refractivity contribution in [3.63, 3.8) is 0 Å². The van der Waals surface area contributed by atoms with Gasteiger partial charge in [-0.25, -0.2) is 8.42 Å². The Hall–Kier alpha value is -1.64. The van der Waals surface area contributed by atoms with Crippen LogP contribution in [0.5, 0.6) is 0 Å². The van der Waals surface area contributed by atoms with Crippen molar-refractivity contribution in [3.8, 4) is 0 Å². The molecular weight excluding hydrogens is 294 g/mol. The largest absolute Gasteiger partial charge is 0.395 e. The third-order valence-electron chi connectivity index (χ3n) is 2.71. The van der Waals surface area contributed by atoms with Crippen molar-refractivity contribution in [1.29, 1.82) is 0 Å². The number of nitrogens with one attached hydrogen (secondary N) is 2. The molecule has 0 bridgehead atoms. The van der Waals surface area contributed by atoms with E-state index in [1.807, 2.05) is 0 Å². The fraction of sp³-hybridized carbons (Fsp3) is 0.462. The van der Waals surface area contributed by atoms with E-state index in [9.17, 15) is 13.2 Å². The highest BCUT2D eigenvalue weighted by Gasteiger charge is 2.17. The summed E-state index contributed by atoms with van der Waals surface area (Å²) in [5, 5.41) is 11.8. The van der Waals surface area contributed by atoms with Gasteiger partial charge in [-0.15, -0.1) is 0 Å². The molecule has 8 heteroatoms. The van der Waals surface area contributed by atoms with E-state index in [4.69, 9.17) is 5.11 Å². The van der Waals surface area contributed by atoms with Gasteiger partial charge < -0.3 is 15.3 Å². The molecule has 0 spiro atoms. The maximum Gasteiger partial charge on any atom is 0.221 e. The highest BCUT2D eigenvalue weighted by molar-refractivity contribution is 7.88. The predicted molar refractivity (Wildman–Crippen MR) is 82.6 cm³/mol. The summed E-state index contributed by atoms with van der Waals surface area (Å²) in [4.78, 5) is 12.7. The summed E-state index contributed by atoms with van der Waals surface area (Å²) in [6, 6.07) is 6.94. The Bertz CT molecular complexity index is 572. The molecule has 21 heavy (non-hydrogen) atoms. The molecule has 0 saturated carbocycles. The molecule has 0 aromatic heterocycles. The molecule has 0 heterocycles. The molecule has 0 aliphatic carbocycles. The number of aliphatic hydroxyl groups is 1. The van der Waals surface area contributed by atoms with Crippen LogP contribution in [0.2, 0.25) is 0 Å². The van der Waals surface area contributed by atoms with Crippen LogP contribution in [0.25, 0.3) is 0 Å². The van der Waals surface area contributed by atoms with E-state index in [1.54, 1.807) is 36.1 Å². The topological polar surface area (TPSA) is 98.7 Å². The summed E-state index contributed by atoms with van der Waals surface area (Å²) in [5.41, 5.74) is 1.39. The third-order valence-corrected chi connectivity index (χ3v) is 3.48. The van der Waals surface area contributed by atoms with Gasteiger partial charge in [-0.3, -0.25) is 4.79 Å². The van der Waals surface area contributed by atoms with Gasteiger partial charge in [0.05, 0.1) is 19.0 Å². The fourth-order valence-electron chi connectivity index (χ4n) is 1.97. The van der Waals surface area contributed by atoms with Crippen LogP contribution in [0, 0.1) is 0 Å². The van der Waals surface area contributed by atoms with Gasteiger partial charge in [0.2, 0.25) is 15.9 Å². The lowest BCUT2D eigenvalue weighted by Crippen LogP contribution is -2.47. The Kier molecular flexibility index (Phi) is 6.13. The van der Waals surface area contributed by atoms with Crippen LogP contribution in [-0.4, -0.2) is 45.0 Å². The molecule has 118 valence electrons. The molecule has 1 aromatic carbocycles. The molecule has 3 N–H and O–H groups in total. The average molecular weight is 315 g/mol. The Morgan fingerprint density at radius 1 is 1.33 bits per heavy atom. The van der Waals surface area contributed by atoms with Crippen LogP contribution in [0.1, 0.15) is 13.8 Å². The first-order chi connectivity index (χ1) is 9.73. The van der Waals surface area contributed by atoms with Crippen molar-refractivity contribution >= 4 is 27.3 Å². The number of amides is 1. The molecule has 1 amide bonds. The summed E-state index contributed by atoms with van der Waals surface area (Å²) in [5.74, 6) is -0.165. The van der Waals surface area contributed by atoms with Gasteiger partial charge in [0.1, 0.15) is 0 Å². The smallest absolute Gasteiger partial charge is 0.221 e. The van der Waals surface area contributed by atoms with Gasteiger partial charge in [0, 0.05) is 24.8 Å². The zero-order valence-corrected chi connectivity index (χ0v) is 13.1. The van der Waals surface area contributed by atoms with Gasteiger partial charge in [-0.1, -0.05) is 0 Å². The second-order valence-electron chi connectivity index (χ2n) is 4.71. The fourth-order valence-corrected chi connectivity index (χ4v) is 2.71. The van der Waals surface area contributed by atoms with E-state index in [1.165, 1.54) is 6.92 Å². The van der Waals surface area contributed by atoms with Crippen LogP contribution >= 0.6 is 0 Å². The number of rotatable bonds is 7. The van der Waals surface area contributed by atoms with E-state index in [0.717, 1.165) is 11.9 Å². The van der Waals surface area contributed by atoms with Crippen molar-refractivity contribution < 1.29 is 18.3 Å². The summed E-state index contributed by atoms with van der Waals surface area (Å²) >= 11 is 0. The van der Waals surface area contributed by atoms with Crippen LogP contribution in [-0.2, 0) is 14.8 Å². The number of anilines is 2. The highest BCUT2D eigenvalue weighted by atomic mass is 32.2. The molecule has 7 nitrogen and oxygen atoms in total. The van der Waals surface area contributed by atoms with Crippen LogP contribution < -0.4 is 14.9 Å². The molecule has 1 unspecified atom stereocenters. The SMILES string of the molecule is CC(=O)Nc1ccc(N(CCO)C(C)NS(C)(=O)=O)cc1. The lowest BCUT2D eigenvalue weighted by atomic mass is 10.2. The molecule has 1 rings (SSSR count). The maximum atomic E-state index is 11.3. The van der Waals surface area contributed by atoms with Crippen molar-refractivity contribution in [2.24, 2.45) is 0 Å². The van der Waals surface area contributed by atoms with Gasteiger partial charge in [-0.2, -0.15) is 4.72 Å². The molecule has 0 aliphatic heterocycles. The average Bonchev–Trinajstić information content (AvgIpc) is 2.34. The second-order valence-corrected chi connectivity index (χ2v) is 6.49. The first kappa shape index (κ1) is 17.4. The van der Waals surface area contributed by atoms with Gasteiger partial charge in [-0.05, 0) is 31.2 Å². The van der Waals surface area contributed by atoms with Crippen molar-refractivity contribution in [2.45, 2.75) is 20.0 Å². The molecule has 0 fully saturated rings. The Morgan fingerprint density at radius 2 is 1.90 bits per heavy atom. The van der Waals surface area contributed by atoms with Crippen LogP contribution in [0.15, 0.2) is 24.3 Å². The second kappa shape index (κ2) is 7.39. The molecule has 0 saturated heterocycles. The molecule has 0 aliphatic rings. The number of sulfonamides is 1. The number of nitrogens with zero attached hydrogens (tertiary/aromatic N) is 1. The minimum absolute atomic E-state index is 0.108. The van der Waals surface area contributed by atoms with E-state index >= 15 is 0 Å². The monoisotopic (exact) mass is 315 g/mol. The quantitative estimate of drug-likeness (QED) is 0.630. The zero-order chi connectivity index (χ0) is 16.0. The van der Waals surface area contributed by atoms with Crippen molar-refractivity contribution in [2.75, 3.05) is 29.6 Å². The molecule has 1 atom stereocenters. The first-order valence-electron chi connectivity index (χ1n) is 6.45. The Balaban J connectivity index is 2.92. The predicted octanol–water partition coefficient (Wildman–Crippen LogP) is 0.339. The summed E-state index contributed by atoms with van der Waals surface area (Å²) in [6.45, 7) is 3.29. The van der Waals surface area contributed by atoms with E-state index in [-0.39, 0.29) is 19.1 Å². The minimum atomic E-state index is -3.35. The van der Waals surface area contributed by atoms with Crippen LogP contribution in [0.3, 0.4) is 0 Å². The Morgan fingerprint density at radius 3 is 2.33 bits per heavy atom. The number of hydrogen-bond donors (Lipinski definition) is 3. The normalized spacial score (nSPS) is 12.8. The van der Waals surface area contributed by atoms with E-state index < -0.39 is 16.2 Å². The number of carbonyl (C=O) groups excluding carboxylic acids is 1. The number of aliphatic hydroxyl groups excluding tert-OH is 1. The maximum absolute atomic E-state index is 11.3. The molecule has 1 aromatic rings. The highest BCUT2D eigenvalue weighted by Crippen LogP contribution is 2.19. The number of benzene rings is 1. The lowest BCUT2D eigenvalue weighted by Gasteiger charge is -2.30. The van der Waals surface area contributed by atoms with Crippen molar-refractivity contribution in [3.05, 3.63) is 24.3 Å². The molecular formula is C13H21N3O4S. The molecule has 0 radical (unpaired) electrons. The van der Waals surface area contributed by atoms with Gasteiger partial charge in [0.25, 0.3) is 0 Å². The van der Waals surface area contributed by atoms with Gasteiger partial charge >= 0.3 is 0 Å². The summed E-state index contributed by atoms with van der Waals surface area (Å²) in [6.07, 6.45) is 0.583. The van der Waals surface area contributed by atoms with E-state index in [0.29, 0.717) is 5.69 Å². The lowest BCUT2D eigenvalue weighted by molar-refractivity contribution is -0.114. The van der Waals surface area contributed by atoms with Gasteiger partial charge in [0.15, 0.2) is 0 Å². The summed E-state index contributed by atoms with van der Waals surface area (Å²) in [7, 11) is -3.35. The first-order valence-corrected chi connectivity index (χ1v) is 8.34. The number of hydrogen-bond acceptors (Lipinski definition) is 5. The standard InChI is InChI=1S/C13H21N3O4S/c1-10(15-21(3,19)20)16(8-9-17)13-6-4-12(5-7-13)14-11(2)18/h4-7,10,15,17H,8-9H2,1-3H3,(H,14,18). The summed E-state index contributed by atoms with van der Waals surface area (Å²) < 4.78 is 25.1.